The third kappa shape index (κ3) is 6.40. The molecule has 1 atom stereocenters. The second-order valence-electron chi connectivity index (χ2n) is 10.9. The van der Waals surface area contributed by atoms with Crippen molar-refractivity contribution < 1.29 is 17.9 Å². The van der Waals surface area contributed by atoms with Gasteiger partial charge < -0.3 is 9.47 Å². The molecule has 6 nitrogen and oxygen atoms in total. The van der Waals surface area contributed by atoms with E-state index in [0.29, 0.717) is 23.7 Å². The van der Waals surface area contributed by atoms with Crippen LogP contribution < -0.4 is 14.2 Å². The van der Waals surface area contributed by atoms with Gasteiger partial charge in [0, 0.05) is 28.8 Å². The van der Waals surface area contributed by atoms with Crippen LogP contribution in [0.5, 0.6) is 11.5 Å². The summed E-state index contributed by atoms with van der Waals surface area (Å²) in [6.45, 7) is 6.56. The Bertz CT molecular complexity index is 2000. The lowest BCUT2D eigenvalue weighted by Crippen LogP contribution is -2.18. The standard InChI is InChI=1S/C38H34N2O4S/c1-4-43-29-21-19-28(20-22-29)38-33(37(31-12-6-5-11-27(31)3)32-13-7-10-16-36(32)44-38)25-39-34-14-8-9-15-35(34)40-45(41,42)30-23-17-26(2)18-24-30/h5-25,37,40H,4H2,1-3H3. The Balaban J connectivity index is 1.48. The summed E-state index contributed by atoms with van der Waals surface area (Å²) >= 11 is 0. The minimum absolute atomic E-state index is 0.183. The lowest BCUT2D eigenvalue weighted by Gasteiger charge is -2.30. The number of hydrogen-bond donors (Lipinski definition) is 1. The summed E-state index contributed by atoms with van der Waals surface area (Å²) in [5, 5.41) is 0. The Morgan fingerprint density at radius 3 is 2.20 bits per heavy atom. The molecule has 0 fully saturated rings. The monoisotopic (exact) mass is 614 g/mol. The molecule has 7 heteroatoms. The van der Waals surface area contributed by atoms with Gasteiger partial charge in [0.25, 0.3) is 10.0 Å². The maximum absolute atomic E-state index is 13.3. The molecule has 0 saturated carbocycles. The third-order valence-corrected chi connectivity index (χ3v) is 9.15. The molecule has 6 rings (SSSR count). The van der Waals surface area contributed by atoms with Crippen molar-refractivity contribution in [2.75, 3.05) is 11.3 Å². The first-order valence-electron chi connectivity index (χ1n) is 14.9. The molecule has 0 radical (unpaired) electrons. The van der Waals surface area contributed by atoms with Crippen LogP contribution in [0.4, 0.5) is 11.4 Å². The van der Waals surface area contributed by atoms with Crippen molar-refractivity contribution in [3.05, 3.63) is 155 Å². The van der Waals surface area contributed by atoms with Crippen LogP contribution in [0.3, 0.4) is 0 Å². The SMILES string of the molecule is CCOc1ccc(C2=C(C=Nc3ccccc3NS(=O)(=O)c3ccc(C)cc3)C(c3ccccc3C)c3ccccc3O2)cc1. The van der Waals surface area contributed by atoms with E-state index in [1.807, 2.05) is 74.5 Å². The molecule has 0 aromatic heterocycles. The van der Waals surface area contributed by atoms with Crippen molar-refractivity contribution in [3.8, 4) is 11.5 Å². The van der Waals surface area contributed by atoms with Crippen molar-refractivity contribution in [2.45, 2.75) is 31.6 Å². The van der Waals surface area contributed by atoms with Crippen molar-refractivity contribution in [1.82, 2.24) is 0 Å². The minimum atomic E-state index is -3.83. The number of ether oxygens (including phenoxy) is 2. The number of sulfonamides is 1. The molecule has 0 spiro atoms. The Hall–Kier alpha value is -5.14. The van der Waals surface area contributed by atoms with E-state index < -0.39 is 10.0 Å². The number of allylic oxidation sites excluding steroid dienone is 1. The zero-order valence-corrected chi connectivity index (χ0v) is 26.2. The van der Waals surface area contributed by atoms with Crippen LogP contribution in [0.15, 0.2) is 137 Å². The summed E-state index contributed by atoms with van der Waals surface area (Å²) in [5.41, 5.74) is 6.86. The highest BCUT2D eigenvalue weighted by atomic mass is 32.2. The molecule has 1 unspecified atom stereocenters. The molecule has 0 saturated heterocycles. The largest absolute Gasteiger partial charge is 0.494 e. The van der Waals surface area contributed by atoms with Crippen molar-refractivity contribution >= 4 is 33.4 Å². The molecule has 0 bridgehead atoms. The van der Waals surface area contributed by atoms with Crippen LogP contribution in [0, 0.1) is 13.8 Å². The summed E-state index contributed by atoms with van der Waals surface area (Å²) in [6, 6.07) is 38.1. The fourth-order valence-corrected chi connectivity index (χ4v) is 6.56. The van der Waals surface area contributed by atoms with Gasteiger partial charge in [-0.15, -0.1) is 0 Å². The van der Waals surface area contributed by atoms with Gasteiger partial charge in [0.15, 0.2) is 0 Å². The fourth-order valence-electron chi connectivity index (χ4n) is 5.49. The molecule has 1 aliphatic heterocycles. The summed E-state index contributed by atoms with van der Waals surface area (Å²) < 4.78 is 41.6. The number of aryl methyl sites for hydroxylation is 2. The molecule has 0 amide bonds. The van der Waals surface area contributed by atoms with Gasteiger partial charge in [-0.2, -0.15) is 0 Å². The summed E-state index contributed by atoms with van der Waals surface area (Å²) in [5.74, 6) is 2.04. The van der Waals surface area contributed by atoms with E-state index in [2.05, 4.69) is 29.8 Å². The smallest absolute Gasteiger partial charge is 0.261 e. The molecule has 226 valence electrons. The third-order valence-electron chi connectivity index (χ3n) is 7.76. The number of benzene rings is 5. The summed E-state index contributed by atoms with van der Waals surface area (Å²) in [7, 11) is -3.83. The molecule has 1 aliphatic rings. The van der Waals surface area contributed by atoms with Crippen molar-refractivity contribution in [1.29, 1.82) is 0 Å². The van der Waals surface area contributed by atoms with Gasteiger partial charge in [0.2, 0.25) is 0 Å². The van der Waals surface area contributed by atoms with E-state index in [-0.39, 0.29) is 10.8 Å². The van der Waals surface area contributed by atoms with E-state index in [4.69, 9.17) is 14.5 Å². The second kappa shape index (κ2) is 12.8. The number of anilines is 1. The molecule has 0 aliphatic carbocycles. The highest BCUT2D eigenvalue weighted by Crippen LogP contribution is 2.46. The van der Waals surface area contributed by atoms with E-state index in [9.17, 15) is 8.42 Å². The normalized spacial score (nSPS) is 14.6. The van der Waals surface area contributed by atoms with Gasteiger partial charge in [-0.1, -0.05) is 72.3 Å². The summed E-state index contributed by atoms with van der Waals surface area (Å²) in [4.78, 5) is 5.09. The van der Waals surface area contributed by atoms with Crippen LogP contribution in [-0.2, 0) is 10.0 Å². The lowest BCUT2D eigenvalue weighted by atomic mass is 9.80. The van der Waals surface area contributed by atoms with Crippen molar-refractivity contribution in [3.63, 3.8) is 0 Å². The van der Waals surface area contributed by atoms with Crippen molar-refractivity contribution in [2.24, 2.45) is 4.99 Å². The predicted octanol–water partition coefficient (Wildman–Crippen LogP) is 8.84. The van der Waals surface area contributed by atoms with Crippen LogP contribution in [0.2, 0.25) is 0 Å². The first-order valence-corrected chi connectivity index (χ1v) is 16.3. The first-order chi connectivity index (χ1) is 21.8. The number of nitrogens with zero attached hydrogens (tertiary/aromatic N) is 1. The Morgan fingerprint density at radius 2 is 1.47 bits per heavy atom. The highest BCUT2D eigenvalue weighted by Gasteiger charge is 2.32. The highest BCUT2D eigenvalue weighted by molar-refractivity contribution is 7.92. The fraction of sp³-hybridized carbons (Fsp3) is 0.132. The molecular formula is C38H34N2O4S. The molecule has 5 aromatic rings. The van der Waals surface area contributed by atoms with E-state index >= 15 is 0 Å². The zero-order valence-electron chi connectivity index (χ0n) is 25.4. The number of aliphatic imine (C=N–C) groups is 1. The lowest BCUT2D eigenvalue weighted by molar-refractivity contribution is 0.340. The predicted molar refractivity (Wildman–Crippen MR) is 181 cm³/mol. The molecule has 5 aromatic carbocycles. The number of fused-ring (bicyclic) bond motifs is 1. The maximum atomic E-state index is 13.3. The Morgan fingerprint density at radius 1 is 0.800 bits per heavy atom. The topological polar surface area (TPSA) is 77.0 Å². The van der Waals surface area contributed by atoms with E-state index in [0.717, 1.165) is 44.9 Å². The van der Waals surface area contributed by atoms with Gasteiger partial charge in [0.1, 0.15) is 17.3 Å². The first kappa shape index (κ1) is 29.9. The zero-order chi connectivity index (χ0) is 31.4. The quantitative estimate of drug-likeness (QED) is 0.168. The van der Waals surface area contributed by atoms with Gasteiger partial charge in [-0.05, 0) is 86.5 Å². The van der Waals surface area contributed by atoms with Crippen LogP contribution in [0.1, 0.15) is 40.7 Å². The van der Waals surface area contributed by atoms with Gasteiger partial charge in [-0.25, -0.2) is 8.42 Å². The second-order valence-corrected chi connectivity index (χ2v) is 12.5. The molecular weight excluding hydrogens is 580 g/mol. The van der Waals surface area contributed by atoms with E-state index in [1.165, 1.54) is 0 Å². The van der Waals surface area contributed by atoms with Crippen LogP contribution in [0.25, 0.3) is 5.76 Å². The average Bonchev–Trinajstić information content (AvgIpc) is 3.05. The maximum Gasteiger partial charge on any atom is 0.261 e. The Kier molecular flexibility index (Phi) is 8.54. The van der Waals surface area contributed by atoms with Gasteiger partial charge >= 0.3 is 0 Å². The molecule has 45 heavy (non-hydrogen) atoms. The minimum Gasteiger partial charge on any atom is -0.494 e. The summed E-state index contributed by atoms with van der Waals surface area (Å²) in [6.07, 6.45) is 1.80. The van der Waals surface area contributed by atoms with Crippen LogP contribution in [-0.4, -0.2) is 21.2 Å². The Labute approximate surface area is 264 Å². The average molecular weight is 615 g/mol. The molecule has 1 heterocycles. The van der Waals surface area contributed by atoms with Gasteiger partial charge in [0.05, 0.1) is 22.9 Å². The number of hydrogen-bond acceptors (Lipinski definition) is 5. The molecule has 1 N–H and O–H groups in total. The number of rotatable bonds is 9. The van der Waals surface area contributed by atoms with E-state index in [1.54, 1.807) is 48.7 Å². The van der Waals surface area contributed by atoms with Crippen LogP contribution >= 0.6 is 0 Å². The number of para-hydroxylation sites is 3. The van der Waals surface area contributed by atoms with Gasteiger partial charge in [-0.3, -0.25) is 9.71 Å². The number of nitrogens with one attached hydrogen (secondary N) is 1.